The molecule has 3 N–H and O–H groups in total. The summed E-state index contributed by atoms with van der Waals surface area (Å²) in [5.74, 6) is -0.985. The van der Waals surface area contributed by atoms with Crippen LogP contribution < -0.4 is 0 Å². The summed E-state index contributed by atoms with van der Waals surface area (Å²) in [5, 5.41) is 29.1. The minimum Gasteiger partial charge on any atom is -0.390 e. The number of aliphatic hydroxyl groups excluding tert-OH is 3. The first-order valence-electron chi connectivity index (χ1n) is 5.50. The normalized spacial score (nSPS) is 30.5. The number of aliphatic hydroxyl groups is 3. The molecular weight excluding hydrogens is 247 g/mol. The molecule has 0 radical (unpaired) electrons. The maximum absolute atomic E-state index is 13.0. The highest BCUT2D eigenvalue weighted by molar-refractivity contribution is 6.30. The Morgan fingerprint density at radius 3 is 2.53 bits per heavy atom. The maximum Gasteiger partial charge on any atom is 0.141 e. The summed E-state index contributed by atoms with van der Waals surface area (Å²) >= 11 is 5.63. The molecule has 5 heteroatoms. The first-order valence-corrected chi connectivity index (χ1v) is 5.87. The van der Waals surface area contributed by atoms with Crippen LogP contribution in [0, 0.1) is 11.7 Å². The van der Waals surface area contributed by atoms with Gasteiger partial charge in [-0.2, -0.15) is 0 Å². The molecule has 94 valence electrons. The van der Waals surface area contributed by atoms with Crippen molar-refractivity contribution in [2.24, 2.45) is 5.92 Å². The third kappa shape index (κ3) is 2.45. The Bertz CT molecular complexity index is 413. The van der Waals surface area contributed by atoms with Crippen LogP contribution in [0.2, 0.25) is 5.02 Å². The van der Waals surface area contributed by atoms with Crippen LogP contribution in [0.4, 0.5) is 4.39 Å². The largest absolute Gasteiger partial charge is 0.390 e. The van der Waals surface area contributed by atoms with Crippen molar-refractivity contribution in [1.82, 2.24) is 0 Å². The average Bonchev–Trinajstić information content (AvgIpc) is 2.63. The van der Waals surface area contributed by atoms with Crippen LogP contribution in [0.1, 0.15) is 24.5 Å². The topological polar surface area (TPSA) is 60.7 Å². The fraction of sp³-hybridized carbons (Fsp3) is 0.500. The van der Waals surface area contributed by atoms with Crippen molar-refractivity contribution in [3.05, 3.63) is 34.6 Å². The van der Waals surface area contributed by atoms with E-state index in [9.17, 15) is 19.7 Å². The van der Waals surface area contributed by atoms with Gasteiger partial charge in [0, 0.05) is 5.92 Å². The standard InChI is InChI=1S/C12H14ClFO3/c13-8-5-6(1-3-9(8)14)11(16)7-2-4-10(15)12(7)17/h1,3,5,7,10-12,15-17H,2,4H2. The molecule has 1 saturated carbocycles. The average molecular weight is 261 g/mol. The van der Waals surface area contributed by atoms with Gasteiger partial charge in [0.05, 0.1) is 23.3 Å². The summed E-state index contributed by atoms with van der Waals surface area (Å²) in [4.78, 5) is 0. The van der Waals surface area contributed by atoms with E-state index in [1.807, 2.05) is 0 Å². The summed E-state index contributed by atoms with van der Waals surface area (Å²) in [6, 6.07) is 3.96. The van der Waals surface area contributed by atoms with Gasteiger partial charge in [0.2, 0.25) is 0 Å². The Morgan fingerprint density at radius 2 is 2.00 bits per heavy atom. The number of hydrogen-bond acceptors (Lipinski definition) is 3. The van der Waals surface area contributed by atoms with Gasteiger partial charge in [0.1, 0.15) is 5.82 Å². The highest BCUT2D eigenvalue weighted by atomic mass is 35.5. The zero-order chi connectivity index (χ0) is 12.6. The third-order valence-corrected chi connectivity index (χ3v) is 3.61. The van der Waals surface area contributed by atoms with E-state index >= 15 is 0 Å². The Labute approximate surface area is 103 Å². The summed E-state index contributed by atoms with van der Waals surface area (Å²) in [5.41, 5.74) is 0.453. The van der Waals surface area contributed by atoms with Gasteiger partial charge in [0.25, 0.3) is 0 Å². The molecule has 4 atom stereocenters. The maximum atomic E-state index is 13.0. The highest BCUT2D eigenvalue weighted by Gasteiger charge is 2.38. The van der Waals surface area contributed by atoms with Crippen LogP contribution >= 0.6 is 11.6 Å². The fourth-order valence-corrected chi connectivity index (χ4v) is 2.47. The monoisotopic (exact) mass is 260 g/mol. The van der Waals surface area contributed by atoms with Crippen molar-refractivity contribution in [1.29, 1.82) is 0 Å². The van der Waals surface area contributed by atoms with Crippen LogP contribution in [0.25, 0.3) is 0 Å². The van der Waals surface area contributed by atoms with Crippen molar-refractivity contribution in [2.45, 2.75) is 31.2 Å². The van der Waals surface area contributed by atoms with E-state index in [1.54, 1.807) is 0 Å². The van der Waals surface area contributed by atoms with E-state index in [2.05, 4.69) is 0 Å². The lowest BCUT2D eigenvalue weighted by Gasteiger charge is -2.22. The Hall–Kier alpha value is -0.680. The van der Waals surface area contributed by atoms with Crippen LogP contribution in [-0.4, -0.2) is 27.5 Å². The number of hydrogen-bond donors (Lipinski definition) is 3. The zero-order valence-electron chi connectivity index (χ0n) is 9.05. The van der Waals surface area contributed by atoms with Gasteiger partial charge in [0.15, 0.2) is 0 Å². The molecule has 1 aromatic carbocycles. The highest BCUT2D eigenvalue weighted by Crippen LogP contribution is 2.37. The molecule has 2 rings (SSSR count). The quantitative estimate of drug-likeness (QED) is 0.758. The Kier molecular flexibility index (Phi) is 3.68. The van der Waals surface area contributed by atoms with Gasteiger partial charge in [-0.15, -0.1) is 0 Å². The Balaban J connectivity index is 2.19. The van der Waals surface area contributed by atoms with Gasteiger partial charge in [-0.05, 0) is 30.5 Å². The first kappa shape index (κ1) is 12.8. The lowest BCUT2D eigenvalue weighted by molar-refractivity contribution is -0.0210. The van der Waals surface area contributed by atoms with Gasteiger partial charge in [-0.3, -0.25) is 0 Å². The molecule has 1 fully saturated rings. The second kappa shape index (κ2) is 4.90. The van der Waals surface area contributed by atoms with Gasteiger partial charge in [-0.25, -0.2) is 4.39 Å². The lowest BCUT2D eigenvalue weighted by Crippen LogP contribution is -2.28. The van der Waals surface area contributed by atoms with Crippen molar-refractivity contribution in [3.63, 3.8) is 0 Å². The SMILES string of the molecule is OC1CCC(C(O)c2ccc(F)c(Cl)c2)C1O. The third-order valence-electron chi connectivity index (χ3n) is 3.32. The summed E-state index contributed by atoms with van der Waals surface area (Å²) in [7, 11) is 0. The van der Waals surface area contributed by atoms with E-state index in [-0.39, 0.29) is 5.02 Å². The van der Waals surface area contributed by atoms with E-state index < -0.39 is 30.0 Å². The van der Waals surface area contributed by atoms with Crippen molar-refractivity contribution >= 4 is 11.6 Å². The molecule has 1 aliphatic carbocycles. The molecule has 0 heterocycles. The molecule has 0 saturated heterocycles. The predicted molar refractivity (Wildman–Crippen MR) is 61.1 cm³/mol. The molecular formula is C12H14ClFO3. The van der Waals surface area contributed by atoms with Gasteiger partial charge < -0.3 is 15.3 Å². The predicted octanol–water partition coefficient (Wildman–Crippen LogP) is 1.64. The van der Waals surface area contributed by atoms with Crippen molar-refractivity contribution < 1.29 is 19.7 Å². The summed E-state index contributed by atoms with van der Waals surface area (Å²) < 4.78 is 13.0. The summed E-state index contributed by atoms with van der Waals surface area (Å²) in [6.07, 6.45) is -1.71. The van der Waals surface area contributed by atoms with Crippen molar-refractivity contribution in [3.8, 4) is 0 Å². The van der Waals surface area contributed by atoms with Crippen LogP contribution in [0.15, 0.2) is 18.2 Å². The fourth-order valence-electron chi connectivity index (χ4n) is 2.28. The van der Waals surface area contributed by atoms with Gasteiger partial charge in [-0.1, -0.05) is 17.7 Å². The van der Waals surface area contributed by atoms with Crippen LogP contribution in [0.5, 0.6) is 0 Å². The van der Waals surface area contributed by atoms with Crippen LogP contribution in [0.3, 0.4) is 0 Å². The second-order valence-corrected chi connectivity index (χ2v) is 4.82. The molecule has 17 heavy (non-hydrogen) atoms. The molecule has 0 bridgehead atoms. The van der Waals surface area contributed by atoms with Gasteiger partial charge >= 0.3 is 0 Å². The second-order valence-electron chi connectivity index (χ2n) is 4.42. The molecule has 0 aliphatic heterocycles. The lowest BCUT2D eigenvalue weighted by atomic mass is 9.92. The molecule has 0 spiro atoms. The van der Waals surface area contributed by atoms with Crippen molar-refractivity contribution in [2.75, 3.05) is 0 Å². The smallest absolute Gasteiger partial charge is 0.141 e. The number of rotatable bonds is 2. The Morgan fingerprint density at radius 1 is 1.29 bits per heavy atom. The number of halogens is 2. The molecule has 1 aliphatic rings. The van der Waals surface area contributed by atoms with Crippen LogP contribution in [-0.2, 0) is 0 Å². The zero-order valence-corrected chi connectivity index (χ0v) is 9.81. The first-order chi connectivity index (χ1) is 8.00. The molecule has 3 nitrogen and oxygen atoms in total. The molecule has 0 aromatic heterocycles. The number of benzene rings is 1. The minimum absolute atomic E-state index is 0.0606. The van der Waals surface area contributed by atoms with E-state index in [4.69, 9.17) is 11.6 Å². The molecule has 4 unspecified atom stereocenters. The van der Waals surface area contributed by atoms with E-state index in [0.717, 1.165) is 0 Å². The summed E-state index contributed by atoms with van der Waals surface area (Å²) in [6.45, 7) is 0. The molecule has 0 amide bonds. The van der Waals surface area contributed by atoms with E-state index in [0.29, 0.717) is 18.4 Å². The minimum atomic E-state index is -0.950. The molecule has 1 aromatic rings. The van der Waals surface area contributed by atoms with E-state index in [1.165, 1.54) is 18.2 Å².